The van der Waals surface area contributed by atoms with Gasteiger partial charge in [-0.2, -0.15) is 0 Å². The first-order valence-corrected chi connectivity index (χ1v) is 10.0. The summed E-state index contributed by atoms with van der Waals surface area (Å²) in [7, 11) is 1.63. The van der Waals surface area contributed by atoms with Crippen LogP contribution in [-0.2, 0) is 4.74 Å². The molecule has 1 aromatic heterocycles. The van der Waals surface area contributed by atoms with Crippen LogP contribution in [-0.4, -0.2) is 60.2 Å². The molecule has 30 heavy (non-hydrogen) atoms. The van der Waals surface area contributed by atoms with E-state index in [4.69, 9.17) is 19.3 Å². The van der Waals surface area contributed by atoms with Crippen molar-refractivity contribution < 1.29 is 19.0 Å². The second-order valence-corrected chi connectivity index (χ2v) is 7.30. The normalized spacial score (nSPS) is 14.2. The number of morpholine rings is 1. The van der Waals surface area contributed by atoms with E-state index in [2.05, 4.69) is 5.32 Å². The predicted octanol–water partition coefficient (Wildman–Crippen LogP) is 3.69. The maximum atomic E-state index is 12.8. The fourth-order valence-electron chi connectivity index (χ4n) is 3.44. The summed E-state index contributed by atoms with van der Waals surface area (Å²) in [5.41, 5.74) is 1.70. The molecule has 1 aliphatic heterocycles. The lowest BCUT2D eigenvalue weighted by Crippen LogP contribution is -2.43. The average molecular weight is 410 g/mol. The number of amides is 2. The molecular formula is C22H26N4O4. The van der Waals surface area contributed by atoms with Gasteiger partial charge < -0.3 is 19.1 Å². The van der Waals surface area contributed by atoms with E-state index in [9.17, 15) is 4.79 Å². The fraction of sp³-hybridized carbons (Fsp3) is 0.364. The Labute approximate surface area is 175 Å². The lowest BCUT2D eigenvalue weighted by atomic mass is 10.2. The Balaban J connectivity index is 1.77. The molecule has 1 saturated heterocycles. The van der Waals surface area contributed by atoms with Gasteiger partial charge in [-0.25, -0.2) is 9.48 Å². The maximum absolute atomic E-state index is 12.8. The molecule has 2 heterocycles. The number of methoxy groups -OCH3 is 1. The van der Waals surface area contributed by atoms with Crippen LogP contribution in [0.15, 0.2) is 42.5 Å². The van der Waals surface area contributed by atoms with Gasteiger partial charge in [0.15, 0.2) is 5.82 Å². The van der Waals surface area contributed by atoms with Crippen LogP contribution in [0.1, 0.15) is 13.8 Å². The van der Waals surface area contributed by atoms with E-state index < -0.39 is 0 Å². The number of carbonyl (C=O) groups is 1. The second kappa shape index (κ2) is 8.62. The number of rotatable bonds is 5. The van der Waals surface area contributed by atoms with Crippen LogP contribution in [0.25, 0.3) is 16.6 Å². The summed E-state index contributed by atoms with van der Waals surface area (Å²) in [6.45, 7) is 6.13. The number of benzene rings is 2. The molecule has 0 unspecified atom stereocenters. The van der Waals surface area contributed by atoms with Gasteiger partial charge in [0, 0.05) is 13.1 Å². The number of hydrogen-bond donors (Lipinski definition) is 1. The third-order valence-corrected chi connectivity index (χ3v) is 4.87. The number of nitrogens with zero attached hydrogens (tertiary/aromatic N) is 3. The summed E-state index contributed by atoms with van der Waals surface area (Å²) < 4.78 is 18.4. The molecule has 0 aliphatic carbocycles. The van der Waals surface area contributed by atoms with Gasteiger partial charge in [-0.15, -0.1) is 5.10 Å². The smallest absolute Gasteiger partial charge is 0.323 e. The molecule has 158 valence electrons. The molecule has 4 rings (SSSR count). The minimum absolute atomic E-state index is 0.0114. The Morgan fingerprint density at radius 3 is 2.53 bits per heavy atom. The number of ether oxygens (including phenoxy) is 3. The maximum Gasteiger partial charge on any atom is 0.323 e. The van der Waals surface area contributed by atoms with Crippen molar-refractivity contribution in [1.29, 1.82) is 0 Å². The van der Waals surface area contributed by atoms with Crippen molar-refractivity contribution in [2.45, 2.75) is 20.0 Å². The van der Waals surface area contributed by atoms with Gasteiger partial charge in [0.1, 0.15) is 11.5 Å². The minimum Gasteiger partial charge on any atom is -0.497 e. The molecule has 0 spiro atoms. The van der Waals surface area contributed by atoms with Crippen LogP contribution >= 0.6 is 0 Å². The summed E-state index contributed by atoms with van der Waals surface area (Å²) in [6, 6.07) is 13.2. The average Bonchev–Trinajstić information content (AvgIpc) is 3.13. The highest BCUT2D eigenvalue weighted by atomic mass is 16.5. The van der Waals surface area contributed by atoms with Gasteiger partial charge in [0.25, 0.3) is 0 Å². The molecule has 8 nitrogen and oxygen atoms in total. The molecule has 0 saturated carbocycles. The summed E-state index contributed by atoms with van der Waals surface area (Å²) in [5, 5.41) is 8.47. The van der Waals surface area contributed by atoms with Crippen molar-refractivity contribution in [3.05, 3.63) is 42.5 Å². The van der Waals surface area contributed by atoms with Crippen molar-refractivity contribution in [1.82, 2.24) is 14.7 Å². The lowest BCUT2D eigenvalue weighted by Gasteiger charge is -2.26. The zero-order valence-electron chi connectivity index (χ0n) is 17.4. The van der Waals surface area contributed by atoms with Crippen molar-refractivity contribution in [3.63, 3.8) is 0 Å². The molecule has 0 atom stereocenters. The Kier molecular flexibility index (Phi) is 5.76. The Morgan fingerprint density at radius 2 is 1.87 bits per heavy atom. The van der Waals surface area contributed by atoms with Crippen LogP contribution in [0.2, 0.25) is 0 Å². The molecule has 0 bridgehead atoms. The minimum atomic E-state index is -0.195. The van der Waals surface area contributed by atoms with E-state index in [0.29, 0.717) is 37.9 Å². The largest absolute Gasteiger partial charge is 0.497 e. The highest BCUT2D eigenvalue weighted by molar-refractivity contribution is 6.02. The molecule has 8 heteroatoms. The van der Waals surface area contributed by atoms with Crippen molar-refractivity contribution in [2.75, 3.05) is 38.7 Å². The summed E-state index contributed by atoms with van der Waals surface area (Å²) >= 11 is 0. The standard InChI is InChI=1S/C22H26N4O4/c1-15(2)30-19-6-4-5-18-20(19)21(23-22(27)25-11-13-29-14-12-25)24-26(18)16-7-9-17(28-3)10-8-16/h4-10,15H,11-14H2,1-3H3,(H,23,24,27). The van der Waals surface area contributed by atoms with Crippen LogP contribution in [0.3, 0.4) is 0 Å². The van der Waals surface area contributed by atoms with Gasteiger partial charge in [-0.3, -0.25) is 5.32 Å². The lowest BCUT2D eigenvalue weighted by molar-refractivity contribution is 0.0564. The number of hydrogen-bond acceptors (Lipinski definition) is 5. The van der Waals surface area contributed by atoms with Gasteiger partial charge in [-0.1, -0.05) is 6.07 Å². The molecule has 1 N–H and O–H groups in total. The number of aromatic nitrogens is 2. The van der Waals surface area contributed by atoms with Crippen molar-refractivity contribution in [2.24, 2.45) is 0 Å². The first-order valence-electron chi connectivity index (χ1n) is 10.0. The monoisotopic (exact) mass is 410 g/mol. The number of nitrogens with one attached hydrogen (secondary N) is 1. The van der Waals surface area contributed by atoms with Crippen LogP contribution in [0.5, 0.6) is 11.5 Å². The van der Waals surface area contributed by atoms with Gasteiger partial charge in [0.2, 0.25) is 0 Å². The molecule has 2 aromatic carbocycles. The van der Waals surface area contributed by atoms with E-state index >= 15 is 0 Å². The molecule has 1 fully saturated rings. The van der Waals surface area contributed by atoms with E-state index in [1.165, 1.54) is 0 Å². The number of carbonyl (C=O) groups excluding carboxylic acids is 1. The highest BCUT2D eigenvalue weighted by Gasteiger charge is 2.22. The zero-order chi connectivity index (χ0) is 21.1. The Bertz CT molecular complexity index is 1020. The quantitative estimate of drug-likeness (QED) is 0.694. The van der Waals surface area contributed by atoms with Gasteiger partial charge >= 0.3 is 6.03 Å². The fourth-order valence-corrected chi connectivity index (χ4v) is 3.44. The van der Waals surface area contributed by atoms with Crippen molar-refractivity contribution in [3.8, 4) is 17.2 Å². The van der Waals surface area contributed by atoms with E-state index in [0.717, 1.165) is 22.3 Å². The third kappa shape index (κ3) is 4.04. The molecule has 1 aliphatic rings. The Hall–Kier alpha value is -3.26. The van der Waals surface area contributed by atoms with E-state index in [-0.39, 0.29) is 12.1 Å². The first-order chi connectivity index (χ1) is 14.6. The first kappa shape index (κ1) is 20.0. The Morgan fingerprint density at radius 1 is 1.13 bits per heavy atom. The number of urea groups is 1. The summed E-state index contributed by atoms with van der Waals surface area (Å²) in [4.78, 5) is 14.6. The topological polar surface area (TPSA) is 77.9 Å². The molecular weight excluding hydrogens is 384 g/mol. The van der Waals surface area contributed by atoms with E-state index in [1.54, 1.807) is 16.7 Å². The van der Waals surface area contributed by atoms with Crippen LogP contribution in [0.4, 0.5) is 10.6 Å². The highest BCUT2D eigenvalue weighted by Crippen LogP contribution is 2.34. The summed E-state index contributed by atoms with van der Waals surface area (Å²) in [6.07, 6.45) is -0.0114. The molecule has 0 radical (unpaired) electrons. The SMILES string of the molecule is COc1ccc(-n2nc(NC(=O)N3CCOCC3)c3c(OC(C)C)cccc32)cc1. The van der Waals surface area contributed by atoms with Crippen LogP contribution in [0, 0.1) is 0 Å². The van der Waals surface area contributed by atoms with Crippen LogP contribution < -0.4 is 14.8 Å². The van der Waals surface area contributed by atoms with Gasteiger partial charge in [-0.05, 0) is 50.2 Å². The molecule has 3 aromatic rings. The predicted molar refractivity (Wildman–Crippen MR) is 115 cm³/mol. The number of anilines is 1. The van der Waals surface area contributed by atoms with E-state index in [1.807, 2.05) is 56.3 Å². The molecule has 2 amide bonds. The zero-order valence-corrected chi connectivity index (χ0v) is 17.4. The number of fused-ring (bicyclic) bond motifs is 1. The third-order valence-electron chi connectivity index (χ3n) is 4.87. The van der Waals surface area contributed by atoms with Crippen molar-refractivity contribution >= 4 is 22.8 Å². The van der Waals surface area contributed by atoms with Gasteiger partial charge in [0.05, 0.1) is 43.0 Å². The summed E-state index contributed by atoms with van der Waals surface area (Å²) in [5.74, 6) is 1.91. The second-order valence-electron chi connectivity index (χ2n) is 7.30.